The summed E-state index contributed by atoms with van der Waals surface area (Å²) in [7, 11) is 1.71. The number of anilines is 3. The van der Waals surface area contributed by atoms with Crippen LogP contribution in [0, 0.1) is 0 Å². The number of nitrogens with zero attached hydrogens (tertiary/aromatic N) is 3. The van der Waals surface area contributed by atoms with Crippen LogP contribution < -0.4 is 10.2 Å². The summed E-state index contributed by atoms with van der Waals surface area (Å²) in [5.41, 5.74) is 2.59. The lowest BCUT2D eigenvalue weighted by Crippen LogP contribution is -2.26. The summed E-state index contributed by atoms with van der Waals surface area (Å²) in [6.07, 6.45) is 2.97. The fraction of sp³-hybridized carbons (Fsp3) is 0.100. The van der Waals surface area contributed by atoms with E-state index in [-0.39, 0.29) is 11.7 Å². The minimum Gasteiger partial charge on any atom is -0.324 e. The number of aromatic nitrogens is 2. The summed E-state index contributed by atoms with van der Waals surface area (Å²) in [6, 6.07) is 16.4. The van der Waals surface area contributed by atoms with Gasteiger partial charge in [0, 0.05) is 36.4 Å². The van der Waals surface area contributed by atoms with Gasteiger partial charge in [-0.05, 0) is 43.3 Å². The van der Waals surface area contributed by atoms with Crippen molar-refractivity contribution in [2.75, 3.05) is 17.3 Å². The molecule has 0 aliphatic rings. The van der Waals surface area contributed by atoms with E-state index in [9.17, 15) is 9.59 Å². The van der Waals surface area contributed by atoms with Crippen molar-refractivity contribution in [2.45, 2.75) is 6.92 Å². The van der Waals surface area contributed by atoms with E-state index in [0.29, 0.717) is 17.1 Å². The molecule has 0 aliphatic heterocycles. The van der Waals surface area contributed by atoms with E-state index in [2.05, 4.69) is 15.3 Å². The molecule has 6 nitrogen and oxygen atoms in total. The number of rotatable bonds is 5. The number of ketones is 1. The summed E-state index contributed by atoms with van der Waals surface area (Å²) in [6.45, 7) is 1.52. The van der Waals surface area contributed by atoms with E-state index < -0.39 is 0 Å². The first-order chi connectivity index (χ1) is 12.5. The lowest BCUT2D eigenvalue weighted by molar-refractivity contribution is 0.0989. The normalized spacial score (nSPS) is 10.2. The molecule has 130 valence electrons. The predicted molar refractivity (Wildman–Crippen MR) is 101 cm³/mol. The van der Waals surface area contributed by atoms with Crippen LogP contribution in [0.25, 0.3) is 0 Å². The van der Waals surface area contributed by atoms with Crippen LogP contribution in [0.5, 0.6) is 0 Å². The number of amides is 1. The Morgan fingerprint density at radius 3 is 2.08 bits per heavy atom. The standard InChI is InChI=1S/C20H18N4O2/c1-14(25)15-8-10-17(11-9-15)23-20-21-12-16(13-22-20)19(26)24(2)18-6-4-3-5-7-18/h3-13H,1-2H3,(H,21,22,23). The Kier molecular flexibility index (Phi) is 5.03. The summed E-state index contributed by atoms with van der Waals surface area (Å²) in [5.74, 6) is 0.200. The van der Waals surface area contributed by atoms with Gasteiger partial charge in [-0.1, -0.05) is 18.2 Å². The molecule has 26 heavy (non-hydrogen) atoms. The van der Waals surface area contributed by atoms with E-state index in [1.54, 1.807) is 36.2 Å². The van der Waals surface area contributed by atoms with Crippen LogP contribution in [-0.2, 0) is 0 Å². The zero-order chi connectivity index (χ0) is 18.5. The van der Waals surface area contributed by atoms with Gasteiger partial charge < -0.3 is 10.2 Å². The number of Topliss-reactive ketones (excluding diaryl/α,β-unsaturated/α-hetero) is 1. The van der Waals surface area contributed by atoms with E-state index in [4.69, 9.17) is 0 Å². The first kappa shape index (κ1) is 17.3. The second-order valence-electron chi connectivity index (χ2n) is 5.75. The van der Waals surface area contributed by atoms with Crippen molar-refractivity contribution >= 4 is 29.0 Å². The molecule has 1 amide bonds. The number of para-hydroxylation sites is 1. The smallest absolute Gasteiger partial charge is 0.261 e. The Labute approximate surface area is 151 Å². The van der Waals surface area contributed by atoms with Crippen molar-refractivity contribution in [1.82, 2.24) is 9.97 Å². The number of benzene rings is 2. The highest BCUT2D eigenvalue weighted by Crippen LogP contribution is 2.16. The van der Waals surface area contributed by atoms with Gasteiger partial charge in [0.05, 0.1) is 5.56 Å². The molecule has 0 unspecified atom stereocenters. The van der Waals surface area contributed by atoms with E-state index in [1.165, 1.54) is 19.3 Å². The maximum Gasteiger partial charge on any atom is 0.261 e. The summed E-state index contributed by atoms with van der Waals surface area (Å²) in [4.78, 5) is 33.7. The fourth-order valence-corrected chi connectivity index (χ4v) is 2.38. The minimum atomic E-state index is -0.187. The second-order valence-corrected chi connectivity index (χ2v) is 5.75. The zero-order valence-electron chi connectivity index (χ0n) is 14.5. The van der Waals surface area contributed by atoms with Crippen LogP contribution in [0.1, 0.15) is 27.6 Å². The highest BCUT2D eigenvalue weighted by Gasteiger charge is 2.14. The van der Waals surface area contributed by atoms with Gasteiger partial charge in [-0.15, -0.1) is 0 Å². The summed E-state index contributed by atoms with van der Waals surface area (Å²) in [5, 5.41) is 3.04. The molecule has 0 bridgehead atoms. The number of nitrogens with one attached hydrogen (secondary N) is 1. The monoisotopic (exact) mass is 346 g/mol. The summed E-state index contributed by atoms with van der Waals surface area (Å²) >= 11 is 0. The van der Waals surface area contributed by atoms with Gasteiger partial charge in [0.15, 0.2) is 5.78 Å². The molecule has 0 saturated carbocycles. The number of carbonyl (C=O) groups excluding carboxylic acids is 2. The van der Waals surface area contributed by atoms with Crippen molar-refractivity contribution in [3.63, 3.8) is 0 Å². The molecule has 0 aliphatic carbocycles. The van der Waals surface area contributed by atoms with Crippen LogP contribution >= 0.6 is 0 Å². The van der Waals surface area contributed by atoms with Gasteiger partial charge in [0.1, 0.15) is 0 Å². The Morgan fingerprint density at radius 1 is 0.885 bits per heavy atom. The van der Waals surface area contributed by atoms with E-state index >= 15 is 0 Å². The number of carbonyl (C=O) groups is 2. The molecule has 3 aromatic rings. The third-order valence-electron chi connectivity index (χ3n) is 3.89. The average Bonchev–Trinajstić information content (AvgIpc) is 2.68. The van der Waals surface area contributed by atoms with Crippen molar-refractivity contribution in [3.05, 3.63) is 78.1 Å². The molecule has 0 spiro atoms. The third-order valence-corrected chi connectivity index (χ3v) is 3.89. The molecule has 2 aromatic carbocycles. The van der Waals surface area contributed by atoms with Gasteiger partial charge in [-0.25, -0.2) is 9.97 Å². The number of hydrogen-bond donors (Lipinski definition) is 1. The van der Waals surface area contributed by atoms with Crippen LogP contribution in [0.2, 0.25) is 0 Å². The van der Waals surface area contributed by atoms with Crippen LogP contribution in [0.4, 0.5) is 17.3 Å². The van der Waals surface area contributed by atoms with Gasteiger partial charge in [0.2, 0.25) is 5.95 Å². The van der Waals surface area contributed by atoms with Gasteiger partial charge in [0.25, 0.3) is 5.91 Å². The molecule has 3 rings (SSSR count). The lowest BCUT2D eigenvalue weighted by atomic mass is 10.1. The molecular weight excluding hydrogens is 328 g/mol. The molecule has 0 radical (unpaired) electrons. The molecule has 0 fully saturated rings. The number of hydrogen-bond acceptors (Lipinski definition) is 5. The Balaban J connectivity index is 1.70. The van der Waals surface area contributed by atoms with Crippen molar-refractivity contribution in [3.8, 4) is 0 Å². The van der Waals surface area contributed by atoms with E-state index in [1.807, 2.05) is 30.3 Å². The highest BCUT2D eigenvalue weighted by atomic mass is 16.2. The molecule has 0 atom stereocenters. The van der Waals surface area contributed by atoms with E-state index in [0.717, 1.165) is 11.4 Å². The van der Waals surface area contributed by atoms with Crippen molar-refractivity contribution < 1.29 is 9.59 Å². The third kappa shape index (κ3) is 3.92. The lowest BCUT2D eigenvalue weighted by Gasteiger charge is -2.17. The Bertz CT molecular complexity index is 907. The fourth-order valence-electron chi connectivity index (χ4n) is 2.38. The van der Waals surface area contributed by atoms with Crippen LogP contribution in [0.15, 0.2) is 67.0 Å². The minimum absolute atomic E-state index is 0.0122. The molecular formula is C20H18N4O2. The Hall–Kier alpha value is -3.54. The molecule has 0 saturated heterocycles. The van der Waals surface area contributed by atoms with Gasteiger partial charge in [-0.3, -0.25) is 9.59 Å². The quantitative estimate of drug-likeness (QED) is 0.713. The average molecular weight is 346 g/mol. The molecule has 1 N–H and O–H groups in total. The molecule has 1 heterocycles. The SMILES string of the molecule is CC(=O)c1ccc(Nc2ncc(C(=O)N(C)c3ccccc3)cn2)cc1. The largest absolute Gasteiger partial charge is 0.324 e. The van der Waals surface area contributed by atoms with Gasteiger partial charge >= 0.3 is 0 Å². The van der Waals surface area contributed by atoms with Crippen LogP contribution in [0.3, 0.4) is 0 Å². The second kappa shape index (κ2) is 7.57. The highest BCUT2D eigenvalue weighted by molar-refractivity contribution is 6.05. The zero-order valence-corrected chi connectivity index (χ0v) is 14.5. The topological polar surface area (TPSA) is 75.2 Å². The molecule has 1 aromatic heterocycles. The predicted octanol–water partition coefficient (Wildman–Crippen LogP) is 3.70. The maximum absolute atomic E-state index is 12.5. The maximum atomic E-state index is 12.5. The molecule has 6 heteroatoms. The van der Waals surface area contributed by atoms with Crippen LogP contribution in [-0.4, -0.2) is 28.7 Å². The first-order valence-electron chi connectivity index (χ1n) is 8.08. The first-order valence-corrected chi connectivity index (χ1v) is 8.08. The Morgan fingerprint density at radius 2 is 1.50 bits per heavy atom. The van der Waals surface area contributed by atoms with Crippen molar-refractivity contribution in [1.29, 1.82) is 0 Å². The van der Waals surface area contributed by atoms with Crippen molar-refractivity contribution in [2.24, 2.45) is 0 Å². The summed E-state index contributed by atoms with van der Waals surface area (Å²) < 4.78 is 0. The van der Waals surface area contributed by atoms with Gasteiger partial charge in [-0.2, -0.15) is 0 Å².